The number of ether oxygens (including phenoxy) is 2. The van der Waals surface area contributed by atoms with Gasteiger partial charge >= 0.3 is 0 Å². The summed E-state index contributed by atoms with van der Waals surface area (Å²) in [7, 11) is 1.66. The van der Waals surface area contributed by atoms with Crippen LogP contribution in [0, 0.1) is 13.0 Å². The number of allylic oxidation sites excluding steroid dienone is 1. The molecule has 0 spiro atoms. The summed E-state index contributed by atoms with van der Waals surface area (Å²) in [5.41, 5.74) is 6.46. The van der Waals surface area contributed by atoms with Crippen molar-refractivity contribution < 1.29 is 13.9 Å². The lowest BCUT2D eigenvalue weighted by molar-refractivity contribution is 0.297. The van der Waals surface area contributed by atoms with E-state index in [9.17, 15) is 9.18 Å². The van der Waals surface area contributed by atoms with Crippen LogP contribution in [-0.2, 0) is 13.0 Å². The molecule has 0 N–H and O–H groups in total. The smallest absolute Gasteiger partial charge is 0.271 e. The zero-order chi connectivity index (χ0) is 30.4. The highest BCUT2D eigenvalue weighted by molar-refractivity contribution is 14.1. The van der Waals surface area contributed by atoms with Crippen LogP contribution in [0.5, 0.6) is 11.5 Å². The fraction of sp³-hybridized carbons (Fsp3) is 0.143. The van der Waals surface area contributed by atoms with Gasteiger partial charge in [0.05, 0.1) is 27.0 Å². The third-order valence-corrected chi connectivity index (χ3v) is 10.4. The Labute approximate surface area is 284 Å². The number of aromatic nitrogens is 1. The fourth-order valence-electron chi connectivity index (χ4n) is 5.94. The molecule has 0 saturated heterocycles. The van der Waals surface area contributed by atoms with Crippen LogP contribution in [0.2, 0.25) is 0 Å². The second kappa shape index (κ2) is 12.2. The number of rotatable bonds is 6. The van der Waals surface area contributed by atoms with Crippen molar-refractivity contribution in [1.29, 1.82) is 0 Å². The van der Waals surface area contributed by atoms with Gasteiger partial charge in [-0.1, -0.05) is 72.0 Å². The molecule has 1 aromatic heterocycles. The normalized spacial score (nSPS) is 15.7. The number of benzene rings is 4. The second-order valence-electron chi connectivity index (χ2n) is 10.5. The first-order chi connectivity index (χ1) is 21.4. The molecule has 1 atom stereocenters. The van der Waals surface area contributed by atoms with Crippen LogP contribution < -0.4 is 24.4 Å². The monoisotopic (exact) mass is 826 g/mol. The molecule has 5 nitrogen and oxygen atoms in total. The van der Waals surface area contributed by atoms with Crippen molar-refractivity contribution in [3.05, 3.63) is 151 Å². The summed E-state index contributed by atoms with van der Waals surface area (Å²) in [5.74, 6) is 1.02. The fourth-order valence-corrected chi connectivity index (χ4v) is 8.97. The van der Waals surface area contributed by atoms with Crippen LogP contribution in [0.25, 0.3) is 11.8 Å². The van der Waals surface area contributed by atoms with E-state index < -0.39 is 0 Å². The molecule has 0 radical (unpaired) electrons. The number of nitrogens with zero attached hydrogens (tertiary/aromatic N) is 2. The molecule has 1 aliphatic heterocycles. The van der Waals surface area contributed by atoms with Crippen molar-refractivity contribution in [2.24, 2.45) is 4.99 Å². The van der Waals surface area contributed by atoms with Gasteiger partial charge in [-0.25, -0.2) is 9.38 Å². The highest BCUT2D eigenvalue weighted by atomic mass is 127. The van der Waals surface area contributed by atoms with Gasteiger partial charge in [-0.15, -0.1) is 0 Å². The standard InChI is InChI=1S/C35H25FI2N2O3S/c1-42-29-13-7-5-11-25(29)32-26-15-14-20-8-2-4-10-24(20)31(26)39-35-40(32)34(41)30(44-35)17-22-16-23(37)18-28(38)33(22)43-19-21-9-3-6-12-27(21)36/h2-13,16-18,32H,14-15,19H2,1H3/b30-17+/t32-/m1/s1. The lowest BCUT2D eigenvalue weighted by atomic mass is 9.83. The Morgan fingerprint density at radius 2 is 1.80 bits per heavy atom. The van der Waals surface area contributed by atoms with Crippen LogP contribution in [0.3, 0.4) is 0 Å². The van der Waals surface area contributed by atoms with Gasteiger partial charge in [-0.05, 0) is 99.5 Å². The minimum absolute atomic E-state index is 0.0747. The zero-order valence-electron chi connectivity index (χ0n) is 23.5. The van der Waals surface area contributed by atoms with Crippen LogP contribution in [0.4, 0.5) is 4.39 Å². The molecule has 4 aromatic carbocycles. The molecule has 220 valence electrons. The SMILES string of the molecule is COc1ccccc1[C@@H]1C2=C(N=c3s/c(=C/c4cc(I)cc(I)c4OCc4ccccc4F)c(=O)n31)c1ccccc1CC2. The molecule has 5 aromatic rings. The maximum Gasteiger partial charge on any atom is 0.271 e. The van der Waals surface area contributed by atoms with Crippen molar-refractivity contribution in [2.45, 2.75) is 25.5 Å². The Morgan fingerprint density at radius 1 is 1.02 bits per heavy atom. The van der Waals surface area contributed by atoms with E-state index >= 15 is 0 Å². The molecule has 2 aliphatic rings. The third kappa shape index (κ3) is 5.32. The molecule has 0 fully saturated rings. The van der Waals surface area contributed by atoms with E-state index in [4.69, 9.17) is 14.5 Å². The number of para-hydroxylation sites is 1. The Bertz CT molecular complexity index is 2150. The van der Waals surface area contributed by atoms with E-state index in [1.807, 2.05) is 53.1 Å². The minimum Gasteiger partial charge on any atom is -0.496 e. The van der Waals surface area contributed by atoms with Crippen molar-refractivity contribution in [3.63, 3.8) is 0 Å². The van der Waals surface area contributed by atoms with Crippen LogP contribution in [-0.4, -0.2) is 11.7 Å². The summed E-state index contributed by atoms with van der Waals surface area (Å²) in [6.07, 6.45) is 3.55. The average molecular weight is 826 g/mol. The maximum absolute atomic E-state index is 14.4. The van der Waals surface area contributed by atoms with E-state index in [1.54, 1.807) is 25.3 Å². The summed E-state index contributed by atoms with van der Waals surface area (Å²) in [6, 6.07) is 26.5. The molecule has 0 saturated carbocycles. The summed E-state index contributed by atoms with van der Waals surface area (Å²) in [4.78, 5) is 20.1. The maximum atomic E-state index is 14.4. The van der Waals surface area contributed by atoms with Gasteiger partial charge in [0.15, 0.2) is 4.80 Å². The number of thiazole rings is 1. The number of fused-ring (bicyclic) bond motifs is 3. The Balaban J connectivity index is 1.41. The Hall–Kier alpha value is -3.29. The van der Waals surface area contributed by atoms with E-state index in [2.05, 4.69) is 63.4 Å². The molecule has 44 heavy (non-hydrogen) atoms. The predicted molar refractivity (Wildman–Crippen MR) is 188 cm³/mol. The Morgan fingerprint density at radius 3 is 2.64 bits per heavy atom. The van der Waals surface area contributed by atoms with Crippen molar-refractivity contribution in [2.75, 3.05) is 7.11 Å². The second-order valence-corrected chi connectivity index (χ2v) is 14.0. The van der Waals surface area contributed by atoms with Gasteiger partial charge in [0.1, 0.15) is 23.9 Å². The van der Waals surface area contributed by atoms with Gasteiger partial charge in [-0.3, -0.25) is 9.36 Å². The van der Waals surface area contributed by atoms with Gasteiger partial charge < -0.3 is 9.47 Å². The predicted octanol–water partition coefficient (Wildman–Crippen LogP) is 7.25. The van der Waals surface area contributed by atoms with Crippen LogP contribution in [0.15, 0.2) is 100 Å². The molecule has 2 heterocycles. The highest BCUT2D eigenvalue weighted by Crippen LogP contribution is 2.43. The average Bonchev–Trinajstić information content (AvgIpc) is 3.34. The van der Waals surface area contributed by atoms with Crippen LogP contribution in [0.1, 0.15) is 40.3 Å². The Kier molecular flexibility index (Phi) is 8.19. The largest absolute Gasteiger partial charge is 0.496 e. The van der Waals surface area contributed by atoms with E-state index in [0.29, 0.717) is 20.6 Å². The van der Waals surface area contributed by atoms with Gasteiger partial charge in [0.25, 0.3) is 5.56 Å². The lowest BCUT2D eigenvalue weighted by Gasteiger charge is -2.31. The van der Waals surface area contributed by atoms with Gasteiger partial charge in [0, 0.05) is 25.8 Å². The van der Waals surface area contributed by atoms with E-state index in [-0.39, 0.29) is 24.0 Å². The summed E-state index contributed by atoms with van der Waals surface area (Å²) < 4.78 is 30.6. The zero-order valence-corrected chi connectivity index (χ0v) is 28.7. The summed E-state index contributed by atoms with van der Waals surface area (Å²) in [5, 5.41) is 0. The molecule has 0 unspecified atom stereocenters. The first kappa shape index (κ1) is 29.4. The van der Waals surface area contributed by atoms with Crippen molar-refractivity contribution >= 4 is 68.3 Å². The number of methoxy groups -OCH3 is 1. The van der Waals surface area contributed by atoms with E-state index in [0.717, 1.165) is 53.7 Å². The third-order valence-electron chi connectivity index (χ3n) is 7.96. The van der Waals surface area contributed by atoms with Crippen molar-refractivity contribution in [1.82, 2.24) is 4.57 Å². The quantitative estimate of drug-likeness (QED) is 0.170. The molecular weight excluding hydrogens is 801 g/mol. The van der Waals surface area contributed by atoms with Gasteiger partial charge in [-0.2, -0.15) is 0 Å². The molecular formula is C35H25FI2N2O3S. The molecule has 1 aliphatic carbocycles. The molecule has 7 rings (SSSR count). The van der Waals surface area contributed by atoms with Gasteiger partial charge in [0.2, 0.25) is 0 Å². The number of aryl methyl sites for hydroxylation is 1. The molecule has 0 bridgehead atoms. The highest BCUT2D eigenvalue weighted by Gasteiger charge is 2.34. The number of halogens is 3. The summed E-state index contributed by atoms with van der Waals surface area (Å²) in [6.45, 7) is 0.0747. The molecule has 9 heteroatoms. The minimum atomic E-state index is -0.347. The first-order valence-electron chi connectivity index (χ1n) is 14.0. The number of hydrogen-bond acceptors (Lipinski definition) is 5. The van der Waals surface area contributed by atoms with Crippen molar-refractivity contribution in [3.8, 4) is 11.5 Å². The van der Waals surface area contributed by atoms with Crippen LogP contribution >= 0.6 is 56.5 Å². The number of hydrogen-bond donors (Lipinski definition) is 0. The first-order valence-corrected chi connectivity index (χ1v) is 17.0. The lowest BCUT2D eigenvalue weighted by Crippen LogP contribution is -2.39. The topological polar surface area (TPSA) is 52.8 Å². The molecule has 0 amide bonds. The summed E-state index contributed by atoms with van der Waals surface area (Å²) >= 11 is 5.86. The van der Waals surface area contributed by atoms with E-state index in [1.165, 1.54) is 23.0 Å².